The van der Waals surface area contributed by atoms with Crippen LogP contribution in [0, 0.1) is 5.41 Å². The Kier molecular flexibility index (Phi) is 8.41. The molecule has 2 saturated heterocycles. The lowest BCUT2D eigenvalue weighted by atomic mass is 9.96. The summed E-state index contributed by atoms with van der Waals surface area (Å²) in [7, 11) is 0. The number of carbonyl (C=O) groups is 5. The minimum absolute atomic E-state index is 0.0680. The zero-order chi connectivity index (χ0) is 31.1. The minimum Gasteiger partial charge on any atom is -0.477 e. The van der Waals surface area contributed by atoms with Gasteiger partial charge in [-0.3, -0.25) is 19.3 Å². The molecule has 4 heterocycles. The number of carbonyl (C=O) groups excluding carboxylic acids is 4. The van der Waals surface area contributed by atoms with Crippen molar-refractivity contribution in [3.63, 3.8) is 0 Å². The highest BCUT2D eigenvalue weighted by Crippen LogP contribution is 2.41. The van der Waals surface area contributed by atoms with E-state index in [1.165, 1.54) is 11.5 Å². The van der Waals surface area contributed by atoms with E-state index in [-0.39, 0.29) is 39.2 Å². The summed E-state index contributed by atoms with van der Waals surface area (Å²) in [6.45, 7) is 6.98. The van der Waals surface area contributed by atoms with Gasteiger partial charge in [0, 0.05) is 29.8 Å². The lowest BCUT2D eigenvalue weighted by Gasteiger charge is -2.49. The number of nitrogens with two attached hydrogens (primary N) is 1. The molecule has 2 fully saturated rings. The topological polar surface area (TPSA) is 185 Å². The monoisotopic (exact) mass is 630 g/mol. The summed E-state index contributed by atoms with van der Waals surface area (Å²) < 4.78 is 37.7. The lowest BCUT2D eigenvalue weighted by molar-refractivity contribution is -0.199. The average Bonchev–Trinajstić information content (AvgIpc) is 3.45. The normalized spacial score (nSPS) is 22.3. The number of halogens is 3. The highest BCUT2D eigenvalue weighted by atomic mass is 32.2. The summed E-state index contributed by atoms with van der Waals surface area (Å²) >= 11 is 1.94. The highest BCUT2D eigenvalue weighted by molar-refractivity contribution is 8.00. The molecule has 0 spiro atoms. The molecule has 226 valence electrons. The number of oxime groups is 1. The quantitative estimate of drug-likeness (QED) is 0.131. The van der Waals surface area contributed by atoms with E-state index < -0.39 is 47.1 Å². The van der Waals surface area contributed by atoms with Gasteiger partial charge in [0.1, 0.15) is 22.8 Å². The number of alkyl halides is 3. The molecule has 0 aromatic carbocycles. The van der Waals surface area contributed by atoms with Gasteiger partial charge in [-0.15, -0.1) is 23.1 Å². The van der Waals surface area contributed by atoms with Crippen molar-refractivity contribution in [3.8, 4) is 0 Å². The van der Waals surface area contributed by atoms with Gasteiger partial charge in [0.15, 0.2) is 10.8 Å². The fourth-order valence-corrected chi connectivity index (χ4v) is 6.29. The molecule has 3 aliphatic heterocycles. The number of allylic oxidation sites excluding steroid dienone is 1. The molecule has 42 heavy (non-hydrogen) atoms. The predicted octanol–water partition coefficient (Wildman–Crippen LogP) is 1.48. The summed E-state index contributed by atoms with van der Waals surface area (Å²) in [6.07, 6.45) is -3.49. The maximum Gasteiger partial charge on any atom is 0.493 e. The molecular weight excluding hydrogens is 605 g/mol. The molecule has 3 aliphatic rings. The number of thioether (sulfide) groups is 1. The molecular formula is C24H25F3N6O7S2. The van der Waals surface area contributed by atoms with Gasteiger partial charge in [0.05, 0.1) is 0 Å². The number of hydrogen-bond donors (Lipinski definition) is 3. The van der Waals surface area contributed by atoms with Gasteiger partial charge in [-0.1, -0.05) is 25.9 Å². The highest BCUT2D eigenvalue weighted by Gasteiger charge is 2.54. The van der Waals surface area contributed by atoms with Crippen molar-refractivity contribution < 1.29 is 47.1 Å². The number of fused-ring (bicyclic) bond motifs is 1. The first kappa shape index (κ1) is 31.0. The van der Waals surface area contributed by atoms with Crippen molar-refractivity contribution in [1.29, 1.82) is 0 Å². The first-order valence-corrected chi connectivity index (χ1v) is 14.2. The van der Waals surface area contributed by atoms with Gasteiger partial charge in [-0.2, -0.15) is 13.2 Å². The van der Waals surface area contributed by atoms with Gasteiger partial charge < -0.3 is 25.9 Å². The Labute approximate surface area is 244 Å². The Balaban J connectivity index is 1.54. The van der Waals surface area contributed by atoms with Gasteiger partial charge in [-0.25, -0.2) is 14.6 Å². The number of aliphatic carboxylic acids is 1. The third-order valence-corrected chi connectivity index (χ3v) is 8.12. The third-order valence-electron chi connectivity index (χ3n) is 6.14. The third kappa shape index (κ3) is 6.43. The zero-order valence-electron chi connectivity index (χ0n) is 22.4. The van der Waals surface area contributed by atoms with Crippen molar-refractivity contribution in [3.05, 3.63) is 34.0 Å². The smallest absolute Gasteiger partial charge is 0.477 e. The average molecular weight is 631 g/mol. The Hall–Kier alpha value is -3.93. The molecule has 0 unspecified atom stereocenters. The van der Waals surface area contributed by atoms with Crippen LogP contribution >= 0.6 is 23.1 Å². The van der Waals surface area contributed by atoms with Gasteiger partial charge in [0.2, 0.25) is 5.91 Å². The molecule has 0 aliphatic carbocycles. The SMILES string of the molecule is CC(C)(C)CN1CCC(=CC2=C(C(=O)O)N3C(=O)[C@@H](NC(=O)C(=NOC(=O)C(F)(F)F)c4csc(N)n4)[C@H]3SC2)C1=O. The summed E-state index contributed by atoms with van der Waals surface area (Å²) in [5.74, 6) is -6.25. The van der Waals surface area contributed by atoms with E-state index in [4.69, 9.17) is 5.73 Å². The number of likely N-dealkylation sites (tertiary alicyclic amines) is 1. The summed E-state index contributed by atoms with van der Waals surface area (Å²) in [6, 6.07) is -1.29. The first-order valence-electron chi connectivity index (χ1n) is 12.3. The molecule has 0 saturated carbocycles. The van der Waals surface area contributed by atoms with Crippen LogP contribution in [0.25, 0.3) is 0 Å². The summed E-state index contributed by atoms with van der Waals surface area (Å²) in [5, 5.41) is 15.5. The van der Waals surface area contributed by atoms with Gasteiger partial charge in [0.25, 0.3) is 11.8 Å². The lowest BCUT2D eigenvalue weighted by Crippen LogP contribution is -2.71. The first-order chi connectivity index (χ1) is 19.5. The standard InChI is InChI=1S/C24H25F3N6O7S2/c1-23(2,3)9-32-5-4-10(17(32)35)6-11-7-41-19-14(18(36)33(19)15(11)20(37)38)30-16(34)13(12-8-42-22(28)29-12)31-40-21(39)24(25,26)27/h6,8,14,19H,4-5,7,9H2,1-3H3,(H2,28,29)(H,30,34)(H,37,38)/t14-,19-/m1/s1. The van der Waals surface area contributed by atoms with Crippen LogP contribution in [0.1, 0.15) is 32.9 Å². The molecule has 0 radical (unpaired) electrons. The molecule has 4 N–H and O–H groups in total. The van der Waals surface area contributed by atoms with Crippen LogP contribution in [0.4, 0.5) is 18.3 Å². The van der Waals surface area contributed by atoms with E-state index in [9.17, 15) is 42.3 Å². The van der Waals surface area contributed by atoms with E-state index >= 15 is 0 Å². The van der Waals surface area contributed by atoms with Crippen LogP contribution in [0.5, 0.6) is 0 Å². The zero-order valence-corrected chi connectivity index (χ0v) is 24.0. The predicted molar refractivity (Wildman–Crippen MR) is 144 cm³/mol. The van der Waals surface area contributed by atoms with E-state index in [1.54, 1.807) is 4.90 Å². The number of anilines is 1. The van der Waals surface area contributed by atoms with Crippen LogP contribution in [0.3, 0.4) is 0 Å². The molecule has 3 amide bonds. The molecule has 13 nitrogen and oxygen atoms in total. The van der Waals surface area contributed by atoms with Crippen molar-refractivity contribution in [2.45, 2.75) is 44.8 Å². The summed E-state index contributed by atoms with van der Waals surface area (Å²) in [5.41, 5.74) is 4.55. The molecule has 2 atom stereocenters. The van der Waals surface area contributed by atoms with E-state index in [0.717, 1.165) is 28.0 Å². The number of β-lactam (4-membered cyclic amide) rings is 1. The van der Waals surface area contributed by atoms with Crippen LogP contribution in [0.2, 0.25) is 0 Å². The van der Waals surface area contributed by atoms with Crippen molar-refractivity contribution in [2.75, 3.05) is 24.6 Å². The van der Waals surface area contributed by atoms with Crippen LogP contribution in [-0.2, 0) is 28.8 Å². The van der Waals surface area contributed by atoms with Crippen LogP contribution < -0.4 is 11.1 Å². The second-order valence-electron chi connectivity index (χ2n) is 10.6. The van der Waals surface area contributed by atoms with Crippen molar-refractivity contribution >= 4 is 63.6 Å². The fraction of sp³-hybridized carbons (Fsp3) is 0.458. The number of aromatic nitrogens is 1. The Bertz CT molecular complexity index is 1450. The maximum absolute atomic E-state index is 13.1. The number of nitrogen functional groups attached to an aromatic ring is 1. The van der Waals surface area contributed by atoms with E-state index in [1.807, 2.05) is 20.8 Å². The number of carboxylic acids is 1. The van der Waals surface area contributed by atoms with Crippen LogP contribution in [0.15, 0.2) is 33.5 Å². The Morgan fingerprint density at radius 1 is 1.29 bits per heavy atom. The number of hydrogen-bond acceptors (Lipinski definition) is 11. The van der Waals surface area contributed by atoms with Gasteiger partial charge in [-0.05, 0) is 23.5 Å². The second-order valence-corrected chi connectivity index (χ2v) is 12.6. The molecule has 18 heteroatoms. The van der Waals surface area contributed by atoms with Gasteiger partial charge >= 0.3 is 18.1 Å². The second kappa shape index (κ2) is 11.4. The number of nitrogens with one attached hydrogen (secondary N) is 1. The molecule has 1 aromatic heterocycles. The van der Waals surface area contributed by atoms with E-state index in [2.05, 4.69) is 20.3 Å². The Morgan fingerprint density at radius 2 is 1.98 bits per heavy atom. The maximum atomic E-state index is 13.1. The number of amides is 3. The fourth-order valence-electron chi connectivity index (χ4n) is 4.44. The van der Waals surface area contributed by atoms with Crippen LogP contribution in [-0.4, -0.2) is 91.7 Å². The van der Waals surface area contributed by atoms with Crippen molar-refractivity contribution in [1.82, 2.24) is 20.1 Å². The molecule has 0 bridgehead atoms. The number of carboxylic acid groups (broad SMARTS) is 1. The van der Waals surface area contributed by atoms with E-state index in [0.29, 0.717) is 25.1 Å². The largest absolute Gasteiger partial charge is 0.493 e. The molecule has 1 aromatic rings. The summed E-state index contributed by atoms with van der Waals surface area (Å²) in [4.78, 5) is 72.5. The number of nitrogens with zero attached hydrogens (tertiary/aromatic N) is 4. The Morgan fingerprint density at radius 3 is 2.55 bits per heavy atom. The molecule has 4 rings (SSSR count). The minimum atomic E-state index is -5.39. The van der Waals surface area contributed by atoms with Crippen molar-refractivity contribution in [2.24, 2.45) is 10.6 Å². The number of rotatable bonds is 7. The number of thiazole rings is 1.